The Bertz CT molecular complexity index is 707. The smallest absolute Gasteiger partial charge is 0.317 e. The van der Waals surface area contributed by atoms with Crippen LogP contribution in [0.3, 0.4) is 0 Å². The second-order valence-electron chi connectivity index (χ2n) is 5.28. The molecule has 0 saturated heterocycles. The lowest BCUT2D eigenvalue weighted by atomic mass is 10.1. The van der Waals surface area contributed by atoms with Gasteiger partial charge in [-0.1, -0.05) is 24.3 Å². The van der Waals surface area contributed by atoms with Crippen LogP contribution >= 0.6 is 0 Å². The molecule has 0 unspecified atom stereocenters. The SMILES string of the molecule is CN(Cc1cccc(C#N)c1)C(=O)NCCc1ccc(F)cc1. The molecular formula is C18H18FN3O. The van der Waals surface area contributed by atoms with Crippen molar-refractivity contribution in [2.75, 3.05) is 13.6 Å². The molecule has 118 valence electrons. The molecule has 5 heteroatoms. The molecule has 0 radical (unpaired) electrons. The Labute approximate surface area is 135 Å². The van der Waals surface area contributed by atoms with E-state index in [2.05, 4.69) is 11.4 Å². The van der Waals surface area contributed by atoms with Gasteiger partial charge in [0.25, 0.3) is 0 Å². The number of carbonyl (C=O) groups excluding carboxylic acids is 1. The second kappa shape index (κ2) is 7.95. The number of carbonyl (C=O) groups is 1. The molecule has 0 heterocycles. The molecule has 0 aromatic heterocycles. The Morgan fingerprint density at radius 1 is 1.22 bits per heavy atom. The molecule has 0 aliphatic rings. The monoisotopic (exact) mass is 311 g/mol. The van der Waals surface area contributed by atoms with E-state index in [1.54, 1.807) is 42.3 Å². The third-order valence-corrected chi connectivity index (χ3v) is 3.43. The lowest BCUT2D eigenvalue weighted by Gasteiger charge is -2.18. The van der Waals surface area contributed by atoms with Crippen molar-refractivity contribution in [3.8, 4) is 6.07 Å². The van der Waals surface area contributed by atoms with E-state index in [1.165, 1.54) is 12.1 Å². The molecular weight excluding hydrogens is 293 g/mol. The van der Waals surface area contributed by atoms with Gasteiger partial charge in [-0.2, -0.15) is 5.26 Å². The molecule has 0 atom stereocenters. The normalized spacial score (nSPS) is 9.96. The van der Waals surface area contributed by atoms with Gasteiger partial charge in [0.1, 0.15) is 5.82 Å². The van der Waals surface area contributed by atoms with E-state index in [0.717, 1.165) is 11.1 Å². The van der Waals surface area contributed by atoms with Crippen LogP contribution in [0.4, 0.5) is 9.18 Å². The van der Waals surface area contributed by atoms with Crippen molar-refractivity contribution in [3.05, 3.63) is 71.0 Å². The van der Waals surface area contributed by atoms with Crippen molar-refractivity contribution in [2.45, 2.75) is 13.0 Å². The van der Waals surface area contributed by atoms with Crippen molar-refractivity contribution in [1.82, 2.24) is 10.2 Å². The van der Waals surface area contributed by atoms with Gasteiger partial charge in [0.15, 0.2) is 0 Å². The first-order valence-electron chi connectivity index (χ1n) is 7.31. The average Bonchev–Trinajstić information content (AvgIpc) is 2.56. The van der Waals surface area contributed by atoms with Crippen molar-refractivity contribution in [2.24, 2.45) is 0 Å². The van der Waals surface area contributed by atoms with Gasteiger partial charge >= 0.3 is 6.03 Å². The number of amides is 2. The lowest BCUT2D eigenvalue weighted by molar-refractivity contribution is 0.207. The molecule has 4 nitrogen and oxygen atoms in total. The number of nitrogens with zero attached hydrogens (tertiary/aromatic N) is 2. The molecule has 0 saturated carbocycles. The minimum atomic E-state index is -0.267. The van der Waals surface area contributed by atoms with Crippen LogP contribution in [0.2, 0.25) is 0 Å². The summed E-state index contributed by atoms with van der Waals surface area (Å²) in [5, 5.41) is 11.7. The number of hydrogen-bond acceptors (Lipinski definition) is 2. The van der Waals surface area contributed by atoms with Gasteiger partial charge in [0.2, 0.25) is 0 Å². The largest absolute Gasteiger partial charge is 0.338 e. The summed E-state index contributed by atoms with van der Waals surface area (Å²) in [6.45, 7) is 0.908. The van der Waals surface area contributed by atoms with Gasteiger partial charge in [-0.25, -0.2) is 9.18 Å². The highest BCUT2D eigenvalue weighted by Gasteiger charge is 2.08. The topological polar surface area (TPSA) is 56.1 Å². The Morgan fingerprint density at radius 3 is 2.65 bits per heavy atom. The number of halogens is 1. The highest BCUT2D eigenvalue weighted by atomic mass is 19.1. The number of hydrogen-bond donors (Lipinski definition) is 1. The summed E-state index contributed by atoms with van der Waals surface area (Å²) in [7, 11) is 1.70. The summed E-state index contributed by atoms with van der Waals surface area (Å²) in [6, 6.07) is 15.3. The molecule has 23 heavy (non-hydrogen) atoms. The summed E-state index contributed by atoms with van der Waals surface area (Å²) in [6.07, 6.45) is 0.643. The van der Waals surface area contributed by atoms with Crippen LogP contribution in [0, 0.1) is 17.1 Å². The minimum Gasteiger partial charge on any atom is -0.338 e. The quantitative estimate of drug-likeness (QED) is 0.922. The first kappa shape index (κ1) is 16.5. The fraction of sp³-hybridized carbons (Fsp3) is 0.222. The Morgan fingerprint density at radius 2 is 1.96 bits per heavy atom. The first-order chi connectivity index (χ1) is 11.1. The van der Waals surface area contributed by atoms with E-state index in [4.69, 9.17) is 5.26 Å². The summed E-state index contributed by atoms with van der Waals surface area (Å²) >= 11 is 0. The highest BCUT2D eigenvalue weighted by Crippen LogP contribution is 2.07. The van der Waals surface area contributed by atoms with E-state index < -0.39 is 0 Å². The van der Waals surface area contributed by atoms with Gasteiger partial charge in [-0.3, -0.25) is 0 Å². The molecule has 0 fully saturated rings. The maximum Gasteiger partial charge on any atom is 0.317 e. The van der Waals surface area contributed by atoms with Crippen LogP contribution in [0.25, 0.3) is 0 Å². The van der Waals surface area contributed by atoms with Crippen LogP contribution in [0.1, 0.15) is 16.7 Å². The zero-order valence-corrected chi connectivity index (χ0v) is 12.9. The molecule has 1 N–H and O–H groups in total. The van der Waals surface area contributed by atoms with Crippen LogP contribution in [0.15, 0.2) is 48.5 Å². The minimum absolute atomic E-state index is 0.186. The molecule has 0 spiro atoms. The molecule has 2 amide bonds. The molecule has 2 rings (SSSR count). The molecule has 2 aromatic rings. The lowest BCUT2D eigenvalue weighted by Crippen LogP contribution is -2.37. The summed E-state index contributed by atoms with van der Waals surface area (Å²) in [4.78, 5) is 13.6. The third-order valence-electron chi connectivity index (χ3n) is 3.43. The highest BCUT2D eigenvalue weighted by molar-refractivity contribution is 5.73. The molecule has 0 aliphatic heterocycles. The van der Waals surface area contributed by atoms with Crippen LogP contribution in [0.5, 0.6) is 0 Å². The fourth-order valence-electron chi connectivity index (χ4n) is 2.18. The van der Waals surface area contributed by atoms with E-state index in [1.807, 2.05) is 6.07 Å². The second-order valence-corrected chi connectivity index (χ2v) is 5.28. The van der Waals surface area contributed by atoms with Gasteiger partial charge < -0.3 is 10.2 Å². The van der Waals surface area contributed by atoms with Gasteiger partial charge in [0.05, 0.1) is 11.6 Å². The number of nitriles is 1. The number of rotatable bonds is 5. The Balaban J connectivity index is 1.80. The van der Waals surface area contributed by atoms with Crippen LogP contribution < -0.4 is 5.32 Å². The predicted octanol–water partition coefficient (Wildman–Crippen LogP) is 3.08. The summed E-state index contributed by atoms with van der Waals surface area (Å²) in [5.74, 6) is -0.267. The molecule has 0 bridgehead atoms. The van der Waals surface area contributed by atoms with E-state index in [9.17, 15) is 9.18 Å². The van der Waals surface area contributed by atoms with Crippen molar-refractivity contribution in [1.29, 1.82) is 5.26 Å². The maximum absolute atomic E-state index is 12.8. The van der Waals surface area contributed by atoms with Gasteiger partial charge in [0, 0.05) is 20.1 Å². The van der Waals surface area contributed by atoms with E-state index >= 15 is 0 Å². The van der Waals surface area contributed by atoms with Crippen LogP contribution in [-0.4, -0.2) is 24.5 Å². The fourth-order valence-corrected chi connectivity index (χ4v) is 2.18. The van der Waals surface area contributed by atoms with Gasteiger partial charge in [-0.15, -0.1) is 0 Å². The Hall–Kier alpha value is -2.87. The zero-order valence-electron chi connectivity index (χ0n) is 12.9. The number of benzene rings is 2. The first-order valence-corrected chi connectivity index (χ1v) is 7.31. The third kappa shape index (κ3) is 5.11. The maximum atomic E-state index is 12.8. The Kier molecular flexibility index (Phi) is 5.70. The number of nitrogens with one attached hydrogen (secondary N) is 1. The van der Waals surface area contributed by atoms with E-state index in [0.29, 0.717) is 25.1 Å². The standard InChI is InChI=1S/C18H18FN3O/c1-22(13-16-4-2-3-15(11-16)12-20)18(23)21-10-9-14-5-7-17(19)8-6-14/h2-8,11H,9-10,13H2,1H3,(H,21,23). The molecule has 0 aliphatic carbocycles. The van der Waals surface area contributed by atoms with Crippen molar-refractivity contribution >= 4 is 6.03 Å². The van der Waals surface area contributed by atoms with E-state index in [-0.39, 0.29) is 11.8 Å². The van der Waals surface area contributed by atoms with Crippen LogP contribution in [-0.2, 0) is 13.0 Å². The average molecular weight is 311 g/mol. The molecule has 2 aromatic carbocycles. The number of urea groups is 1. The van der Waals surface area contributed by atoms with Gasteiger partial charge in [-0.05, 0) is 41.8 Å². The predicted molar refractivity (Wildman–Crippen MR) is 86.1 cm³/mol. The summed E-state index contributed by atoms with van der Waals surface area (Å²) < 4.78 is 12.8. The van der Waals surface area contributed by atoms with Crippen molar-refractivity contribution in [3.63, 3.8) is 0 Å². The summed E-state index contributed by atoms with van der Waals surface area (Å²) in [5.41, 5.74) is 2.45. The zero-order chi connectivity index (χ0) is 16.7. The van der Waals surface area contributed by atoms with Crippen molar-refractivity contribution < 1.29 is 9.18 Å².